The monoisotopic (exact) mass is 341 g/mol. The first-order valence-corrected chi connectivity index (χ1v) is 10.1. The number of H-pyrrole nitrogens is 1. The van der Waals surface area contributed by atoms with Crippen molar-refractivity contribution in [3.63, 3.8) is 0 Å². The Morgan fingerprint density at radius 2 is 2.04 bits per heavy atom. The lowest BCUT2D eigenvalue weighted by Crippen LogP contribution is -2.43. The van der Waals surface area contributed by atoms with Crippen molar-refractivity contribution in [2.75, 3.05) is 13.2 Å². The Bertz CT molecular complexity index is 614. The van der Waals surface area contributed by atoms with Crippen molar-refractivity contribution >= 4 is 10.0 Å². The fourth-order valence-electron chi connectivity index (χ4n) is 3.49. The molecule has 23 heavy (non-hydrogen) atoms. The number of nitrogens with zero attached hydrogens (tertiary/aromatic N) is 2. The highest BCUT2D eigenvalue weighted by molar-refractivity contribution is 7.89. The molecule has 1 unspecified atom stereocenters. The maximum absolute atomic E-state index is 13.1. The van der Waals surface area contributed by atoms with E-state index in [-0.39, 0.29) is 23.1 Å². The van der Waals surface area contributed by atoms with Crippen molar-refractivity contribution in [3.8, 4) is 0 Å². The van der Waals surface area contributed by atoms with Crippen LogP contribution in [0.25, 0.3) is 0 Å². The summed E-state index contributed by atoms with van der Waals surface area (Å²) >= 11 is 0. The SMILES string of the molecule is CC(C)c1ncc(S(=O)(=O)N(CC2CCCO2)C2CCCC2)[nH]1. The lowest BCUT2D eigenvalue weighted by atomic mass is 10.2. The molecule has 0 aromatic carbocycles. The molecule has 0 radical (unpaired) electrons. The zero-order valence-electron chi connectivity index (χ0n) is 14.0. The van der Waals surface area contributed by atoms with Crippen LogP contribution in [-0.4, -0.2) is 48.0 Å². The van der Waals surface area contributed by atoms with Gasteiger partial charge >= 0.3 is 0 Å². The Morgan fingerprint density at radius 1 is 1.30 bits per heavy atom. The molecule has 1 aliphatic heterocycles. The van der Waals surface area contributed by atoms with Gasteiger partial charge in [-0.15, -0.1) is 0 Å². The van der Waals surface area contributed by atoms with Gasteiger partial charge in [0.2, 0.25) is 0 Å². The van der Waals surface area contributed by atoms with Gasteiger partial charge in [-0.05, 0) is 25.7 Å². The van der Waals surface area contributed by atoms with E-state index in [0.29, 0.717) is 12.4 Å². The van der Waals surface area contributed by atoms with Crippen LogP contribution in [0.4, 0.5) is 0 Å². The number of hydrogen-bond acceptors (Lipinski definition) is 4. The van der Waals surface area contributed by atoms with Crippen LogP contribution in [0.15, 0.2) is 11.2 Å². The molecule has 0 amide bonds. The average molecular weight is 341 g/mol. The summed E-state index contributed by atoms with van der Waals surface area (Å²) < 4.78 is 33.6. The lowest BCUT2D eigenvalue weighted by Gasteiger charge is -2.29. The van der Waals surface area contributed by atoms with Crippen LogP contribution in [0.2, 0.25) is 0 Å². The summed E-state index contributed by atoms with van der Waals surface area (Å²) in [6.45, 7) is 5.19. The van der Waals surface area contributed by atoms with Crippen LogP contribution >= 0.6 is 0 Å². The number of rotatable bonds is 6. The van der Waals surface area contributed by atoms with Crippen molar-refractivity contribution < 1.29 is 13.2 Å². The number of ether oxygens (including phenoxy) is 1. The van der Waals surface area contributed by atoms with E-state index in [1.807, 2.05) is 13.8 Å². The highest BCUT2D eigenvalue weighted by Crippen LogP contribution is 2.30. The second-order valence-electron chi connectivity index (χ2n) is 6.94. The molecule has 1 atom stereocenters. The molecule has 3 rings (SSSR count). The molecule has 1 saturated carbocycles. The Kier molecular flexibility index (Phi) is 5.08. The molecule has 7 heteroatoms. The summed E-state index contributed by atoms with van der Waals surface area (Å²) in [6.07, 6.45) is 7.53. The van der Waals surface area contributed by atoms with Gasteiger partial charge in [-0.2, -0.15) is 4.31 Å². The van der Waals surface area contributed by atoms with Crippen molar-refractivity contribution in [1.82, 2.24) is 14.3 Å². The van der Waals surface area contributed by atoms with Gasteiger partial charge in [0.1, 0.15) is 5.82 Å². The smallest absolute Gasteiger partial charge is 0.260 e. The molecular weight excluding hydrogens is 314 g/mol. The van der Waals surface area contributed by atoms with E-state index in [1.165, 1.54) is 6.20 Å². The van der Waals surface area contributed by atoms with E-state index in [2.05, 4.69) is 9.97 Å². The van der Waals surface area contributed by atoms with Crippen molar-refractivity contribution in [2.24, 2.45) is 0 Å². The second kappa shape index (κ2) is 6.91. The number of aromatic nitrogens is 2. The van der Waals surface area contributed by atoms with Crippen LogP contribution in [0.3, 0.4) is 0 Å². The maximum Gasteiger partial charge on any atom is 0.260 e. The molecule has 2 heterocycles. The van der Waals surface area contributed by atoms with Crippen LogP contribution in [-0.2, 0) is 14.8 Å². The van der Waals surface area contributed by atoms with Gasteiger partial charge in [0.25, 0.3) is 10.0 Å². The highest BCUT2D eigenvalue weighted by Gasteiger charge is 2.36. The molecule has 1 aliphatic carbocycles. The number of sulfonamides is 1. The van der Waals surface area contributed by atoms with Crippen LogP contribution < -0.4 is 0 Å². The summed E-state index contributed by atoms with van der Waals surface area (Å²) in [5.41, 5.74) is 0. The van der Waals surface area contributed by atoms with Crippen LogP contribution in [0, 0.1) is 0 Å². The largest absolute Gasteiger partial charge is 0.377 e. The van der Waals surface area contributed by atoms with E-state index in [4.69, 9.17) is 4.74 Å². The Morgan fingerprint density at radius 3 is 2.61 bits per heavy atom. The van der Waals surface area contributed by atoms with Crippen molar-refractivity contribution in [3.05, 3.63) is 12.0 Å². The summed E-state index contributed by atoms with van der Waals surface area (Å²) in [5.74, 6) is 0.893. The Hall–Kier alpha value is -0.920. The lowest BCUT2D eigenvalue weighted by molar-refractivity contribution is 0.0860. The molecule has 1 saturated heterocycles. The third-order valence-electron chi connectivity index (χ3n) is 4.85. The van der Waals surface area contributed by atoms with Crippen molar-refractivity contribution in [2.45, 2.75) is 75.5 Å². The van der Waals surface area contributed by atoms with E-state index in [1.54, 1.807) is 4.31 Å². The van der Waals surface area contributed by atoms with Gasteiger partial charge in [0.15, 0.2) is 5.03 Å². The summed E-state index contributed by atoms with van der Waals surface area (Å²) in [6, 6.07) is 0.0926. The van der Waals surface area contributed by atoms with Gasteiger partial charge in [-0.1, -0.05) is 26.7 Å². The topological polar surface area (TPSA) is 75.3 Å². The van der Waals surface area contributed by atoms with Crippen molar-refractivity contribution in [1.29, 1.82) is 0 Å². The van der Waals surface area contributed by atoms with E-state index < -0.39 is 10.0 Å². The Balaban J connectivity index is 1.86. The summed E-state index contributed by atoms with van der Waals surface area (Å²) in [7, 11) is -3.55. The van der Waals surface area contributed by atoms with E-state index in [9.17, 15) is 8.42 Å². The van der Waals surface area contributed by atoms with Gasteiger partial charge < -0.3 is 9.72 Å². The molecule has 130 valence electrons. The van der Waals surface area contributed by atoms with E-state index >= 15 is 0 Å². The predicted octanol–water partition coefficient (Wildman–Crippen LogP) is 2.65. The summed E-state index contributed by atoms with van der Waals surface area (Å²) in [5, 5.41) is 0.214. The van der Waals surface area contributed by atoms with Gasteiger partial charge in [-0.25, -0.2) is 13.4 Å². The minimum atomic E-state index is -3.55. The highest BCUT2D eigenvalue weighted by atomic mass is 32.2. The minimum absolute atomic E-state index is 0.0258. The molecule has 1 N–H and O–H groups in total. The van der Waals surface area contributed by atoms with Crippen LogP contribution in [0.5, 0.6) is 0 Å². The maximum atomic E-state index is 13.1. The molecule has 0 bridgehead atoms. The zero-order valence-corrected chi connectivity index (χ0v) is 14.8. The molecule has 0 spiro atoms. The number of hydrogen-bond donors (Lipinski definition) is 1. The quantitative estimate of drug-likeness (QED) is 0.863. The third-order valence-corrected chi connectivity index (χ3v) is 6.67. The molecular formula is C16H27N3O3S. The molecule has 1 aromatic heterocycles. The third kappa shape index (κ3) is 3.61. The van der Waals surface area contributed by atoms with Gasteiger partial charge in [0, 0.05) is 25.1 Å². The first kappa shape index (κ1) is 16.9. The first-order chi connectivity index (χ1) is 11.0. The van der Waals surface area contributed by atoms with Gasteiger partial charge in [0.05, 0.1) is 12.3 Å². The standard InChI is InChI=1S/C16H27N3O3S/c1-12(2)16-17-10-15(18-16)23(20,21)19(13-6-3-4-7-13)11-14-8-5-9-22-14/h10,12-14H,3-9,11H2,1-2H3,(H,17,18). The fourth-order valence-corrected chi connectivity index (χ4v) is 5.13. The molecule has 1 aromatic rings. The molecule has 2 fully saturated rings. The zero-order chi connectivity index (χ0) is 16.4. The molecule has 6 nitrogen and oxygen atoms in total. The second-order valence-corrected chi connectivity index (χ2v) is 8.79. The Labute approximate surface area is 138 Å². The number of imidazole rings is 1. The first-order valence-electron chi connectivity index (χ1n) is 8.67. The average Bonchev–Trinajstić information content (AvgIpc) is 3.24. The van der Waals surface area contributed by atoms with Gasteiger partial charge in [-0.3, -0.25) is 0 Å². The minimum Gasteiger partial charge on any atom is -0.377 e. The van der Waals surface area contributed by atoms with Crippen LogP contribution in [0.1, 0.15) is 64.1 Å². The normalized spacial score (nSPS) is 23.4. The predicted molar refractivity (Wildman–Crippen MR) is 87.8 cm³/mol. The summed E-state index contributed by atoms with van der Waals surface area (Å²) in [4.78, 5) is 7.23. The number of aromatic amines is 1. The van der Waals surface area contributed by atoms with E-state index in [0.717, 1.165) is 45.1 Å². The molecule has 2 aliphatic rings. The number of nitrogens with one attached hydrogen (secondary N) is 1. The fraction of sp³-hybridized carbons (Fsp3) is 0.812.